The van der Waals surface area contributed by atoms with Crippen LogP contribution in [-0.4, -0.2) is 41.7 Å². The molecule has 1 atom stereocenters. The Bertz CT molecular complexity index is 1230. The number of esters is 1. The number of ether oxygens (including phenoxy) is 2. The van der Waals surface area contributed by atoms with Gasteiger partial charge in [-0.1, -0.05) is 0 Å². The number of hydrogen-bond acceptors (Lipinski definition) is 6. The SMILES string of the molecule is CCOC(=O)c1cc(N=C(N)N)cc(C(=O)NCCCCC2(C)CCc3c(C)c(O)c(C)c(C)c3O2)c1.Cl. The molecule has 3 rings (SSSR count). The number of nitrogens with one attached hydrogen (secondary N) is 1. The minimum Gasteiger partial charge on any atom is -0.507 e. The number of guanidine groups is 1. The molecular weight excluding hydrogens is 508 g/mol. The Balaban J connectivity index is 0.00000507. The summed E-state index contributed by atoms with van der Waals surface area (Å²) in [5.74, 6) is 0.201. The maximum atomic E-state index is 12.8. The first-order valence-corrected chi connectivity index (χ1v) is 12.7. The number of fused-ring (bicyclic) bond motifs is 1. The Morgan fingerprint density at radius 3 is 2.45 bits per heavy atom. The van der Waals surface area contributed by atoms with Gasteiger partial charge in [-0.15, -0.1) is 12.4 Å². The predicted molar refractivity (Wildman–Crippen MR) is 151 cm³/mol. The molecule has 38 heavy (non-hydrogen) atoms. The number of aromatic hydroxyl groups is 1. The highest BCUT2D eigenvalue weighted by Crippen LogP contribution is 2.44. The fourth-order valence-corrected chi connectivity index (χ4v) is 4.69. The summed E-state index contributed by atoms with van der Waals surface area (Å²) < 4.78 is 11.5. The molecular formula is C28H39ClN4O5. The van der Waals surface area contributed by atoms with E-state index < -0.39 is 5.97 Å². The maximum Gasteiger partial charge on any atom is 0.338 e. The van der Waals surface area contributed by atoms with Crippen molar-refractivity contribution in [3.8, 4) is 11.5 Å². The number of phenols is 1. The second-order valence-corrected chi connectivity index (χ2v) is 9.82. The van der Waals surface area contributed by atoms with Crippen molar-refractivity contribution in [3.63, 3.8) is 0 Å². The maximum absolute atomic E-state index is 12.8. The largest absolute Gasteiger partial charge is 0.507 e. The lowest BCUT2D eigenvalue weighted by Crippen LogP contribution is -2.37. The van der Waals surface area contributed by atoms with Crippen LogP contribution >= 0.6 is 12.4 Å². The zero-order chi connectivity index (χ0) is 27.3. The summed E-state index contributed by atoms with van der Waals surface area (Å²) in [5.41, 5.74) is 15.2. The number of halogens is 1. The van der Waals surface area contributed by atoms with Crippen molar-refractivity contribution in [2.45, 2.75) is 72.3 Å². The highest BCUT2D eigenvalue weighted by Gasteiger charge is 2.34. The van der Waals surface area contributed by atoms with E-state index in [-0.39, 0.29) is 47.6 Å². The Morgan fingerprint density at radius 2 is 1.79 bits per heavy atom. The third-order valence-corrected chi connectivity index (χ3v) is 6.96. The number of nitrogens with two attached hydrogens (primary N) is 2. The third kappa shape index (κ3) is 7.10. The highest BCUT2D eigenvalue weighted by atomic mass is 35.5. The van der Waals surface area contributed by atoms with Crippen LogP contribution < -0.4 is 21.5 Å². The van der Waals surface area contributed by atoms with E-state index in [0.29, 0.717) is 18.0 Å². The summed E-state index contributed by atoms with van der Waals surface area (Å²) in [6, 6.07) is 4.47. The van der Waals surface area contributed by atoms with Crippen LogP contribution in [0, 0.1) is 20.8 Å². The van der Waals surface area contributed by atoms with Crippen LogP contribution in [-0.2, 0) is 11.2 Å². The molecule has 2 aromatic carbocycles. The average Bonchev–Trinajstić information content (AvgIpc) is 2.85. The fourth-order valence-electron chi connectivity index (χ4n) is 4.69. The smallest absolute Gasteiger partial charge is 0.338 e. The number of amides is 1. The van der Waals surface area contributed by atoms with Crippen molar-refractivity contribution in [2.24, 2.45) is 16.5 Å². The number of phenolic OH excluding ortho intramolecular Hbond substituents is 1. The van der Waals surface area contributed by atoms with Gasteiger partial charge in [0.15, 0.2) is 5.96 Å². The number of aliphatic imine (C=N–C) groups is 1. The molecule has 0 fully saturated rings. The van der Waals surface area contributed by atoms with Crippen LogP contribution in [0.15, 0.2) is 23.2 Å². The van der Waals surface area contributed by atoms with Gasteiger partial charge in [-0.25, -0.2) is 9.79 Å². The number of carbonyl (C=O) groups is 2. The van der Waals surface area contributed by atoms with E-state index in [1.165, 1.54) is 18.2 Å². The second-order valence-electron chi connectivity index (χ2n) is 9.82. The van der Waals surface area contributed by atoms with Crippen molar-refractivity contribution in [3.05, 3.63) is 51.6 Å². The topological polar surface area (TPSA) is 149 Å². The van der Waals surface area contributed by atoms with Crippen LogP contribution in [0.25, 0.3) is 0 Å². The summed E-state index contributed by atoms with van der Waals surface area (Å²) in [7, 11) is 0. The van der Waals surface area contributed by atoms with Crippen LogP contribution in [0.1, 0.15) is 82.5 Å². The molecule has 0 bridgehead atoms. The number of rotatable bonds is 9. The quantitative estimate of drug-likeness (QED) is 0.156. The molecule has 10 heteroatoms. The minimum absolute atomic E-state index is 0. The lowest BCUT2D eigenvalue weighted by molar-refractivity contribution is 0.0520. The molecule has 1 amide bonds. The van der Waals surface area contributed by atoms with E-state index in [4.69, 9.17) is 20.9 Å². The molecule has 0 spiro atoms. The summed E-state index contributed by atoms with van der Waals surface area (Å²) in [6.45, 7) is 10.4. The lowest BCUT2D eigenvalue weighted by Gasteiger charge is -2.38. The molecule has 0 aromatic heterocycles. The van der Waals surface area contributed by atoms with E-state index in [2.05, 4.69) is 17.2 Å². The van der Waals surface area contributed by atoms with Crippen molar-refractivity contribution in [1.82, 2.24) is 5.32 Å². The zero-order valence-corrected chi connectivity index (χ0v) is 23.6. The first kappa shape index (κ1) is 30.8. The van der Waals surface area contributed by atoms with Crippen LogP contribution in [0.5, 0.6) is 11.5 Å². The van der Waals surface area contributed by atoms with Crippen LogP contribution in [0.3, 0.4) is 0 Å². The Kier molecular flexibility index (Phi) is 10.4. The van der Waals surface area contributed by atoms with Gasteiger partial charge < -0.3 is 31.4 Å². The summed E-state index contributed by atoms with van der Waals surface area (Å²) in [5, 5.41) is 13.3. The molecule has 9 nitrogen and oxygen atoms in total. The van der Waals surface area contributed by atoms with Crippen molar-refractivity contribution >= 4 is 35.9 Å². The Morgan fingerprint density at radius 1 is 1.11 bits per heavy atom. The molecule has 6 N–H and O–H groups in total. The van der Waals surface area contributed by atoms with Gasteiger partial charge in [0.2, 0.25) is 0 Å². The van der Waals surface area contributed by atoms with Crippen molar-refractivity contribution in [2.75, 3.05) is 13.2 Å². The molecule has 0 saturated carbocycles. The van der Waals surface area contributed by atoms with Gasteiger partial charge in [0.1, 0.15) is 17.1 Å². The van der Waals surface area contributed by atoms with Gasteiger partial charge in [-0.2, -0.15) is 0 Å². The Labute approximate surface area is 230 Å². The predicted octanol–water partition coefficient (Wildman–Crippen LogP) is 4.50. The van der Waals surface area contributed by atoms with Gasteiger partial charge in [-0.05, 0) is 102 Å². The number of hydrogen-bond donors (Lipinski definition) is 4. The fraction of sp³-hybridized carbons (Fsp3) is 0.464. The van der Waals surface area contributed by atoms with Gasteiger partial charge in [0, 0.05) is 17.7 Å². The van der Waals surface area contributed by atoms with E-state index in [1.807, 2.05) is 20.8 Å². The summed E-state index contributed by atoms with van der Waals surface area (Å²) in [6.07, 6.45) is 4.20. The van der Waals surface area contributed by atoms with Gasteiger partial charge in [0.05, 0.1) is 17.9 Å². The van der Waals surface area contributed by atoms with Crippen LogP contribution in [0.2, 0.25) is 0 Å². The van der Waals surface area contributed by atoms with Gasteiger partial charge in [-0.3, -0.25) is 4.79 Å². The number of benzene rings is 2. The van der Waals surface area contributed by atoms with Crippen LogP contribution in [0.4, 0.5) is 5.69 Å². The standard InChI is InChI=1S/C28H38N4O5.ClH/c1-6-36-26(35)20-13-19(14-21(15-20)32-27(29)30)25(34)31-12-8-7-10-28(5)11-9-22-18(4)23(33)16(2)17(3)24(22)37-28;/h13-15,33H,6-12H2,1-5H3,(H,31,34)(H4,29,30,32);1H. The lowest BCUT2D eigenvalue weighted by atomic mass is 9.85. The van der Waals surface area contributed by atoms with Crippen molar-refractivity contribution in [1.29, 1.82) is 0 Å². The average molecular weight is 547 g/mol. The molecule has 0 saturated heterocycles. The molecule has 1 heterocycles. The molecule has 0 aliphatic carbocycles. The van der Waals surface area contributed by atoms with E-state index in [0.717, 1.165) is 60.1 Å². The van der Waals surface area contributed by atoms with E-state index in [9.17, 15) is 14.7 Å². The van der Waals surface area contributed by atoms with E-state index in [1.54, 1.807) is 6.92 Å². The van der Waals surface area contributed by atoms with Gasteiger partial charge in [0.25, 0.3) is 5.91 Å². The molecule has 208 valence electrons. The molecule has 0 radical (unpaired) electrons. The minimum atomic E-state index is -0.553. The van der Waals surface area contributed by atoms with Crippen molar-refractivity contribution < 1.29 is 24.2 Å². The second kappa shape index (κ2) is 12.9. The molecule has 1 unspecified atom stereocenters. The summed E-state index contributed by atoms with van der Waals surface area (Å²) in [4.78, 5) is 29.0. The number of nitrogens with zero attached hydrogens (tertiary/aromatic N) is 1. The third-order valence-electron chi connectivity index (χ3n) is 6.96. The Hall–Kier alpha value is -3.46. The first-order chi connectivity index (χ1) is 17.5. The van der Waals surface area contributed by atoms with E-state index >= 15 is 0 Å². The molecule has 2 aromatic rings. The number of carbonyl (C=O) groups excluding carboxylic acids is 2. The normalized spacial score (nSPS) is 15.9. The first-order valence-electron chi connectivity index (χ1n) is 12.7. The highest BCUT2D eigenvalue weighted by molar-refractivity contribution is 5.99. The zero-order valence-electron chi connectivity index (χ0n) is 22.8. The van der Waals surface area contributed by atoms with Gasteiger partial charge >= 0.3 is 5.97 Å². The monoisotopic (exact) mass is 546 g/mol. The number of unbranched alkanes of at least 4 members (excludes halogenated alkanes) is 1. The molecule has 1 aliphatic heterocycles. The molecule has 1 aliphatic rings. The summed E-state index contributed by atoms with van der Waals surface area (Å²) >= 11 is 0.